The molecule has 0 spiro atoms. The van der Waals surface area contributed by atoms with Crippen LogP contribution in [0.4, 0.5) is 17.5 Å². The Morgan fingerprint density at radius 2 is 1.90 bits per heavy atom. The van der Waals surface area contributed by atoms with Crippen molar-refractivity contribution in [2.45, 2.75) is 35.6 Å². The van der Waals surface area contributed by atoms with Gasteiger partial charge in [-0.3, -0.25) is 0 Å². The average Bonchev–Trinajstić information content (AvgIpc) is 3.55. The van der Waals surface area contributed by atoms with Crippen LogP contribution < -0.4 is 14.8 Å². The molecule has 0 saturated heterocycles. The number of hydrogen-bond acceptors (Lipinski definition) is 6. The van der Waals surface area contributed by atoms with Crippen LogP contribution in [0.2, 0.25) is 0 Å². The third kappa shape index (κ3) is 5.70. The fourth-order valence-electron chi connectivity index (χ4n) is 2.75. The third-order valence-corrected chi connectivity index (χ3v) is 8.56. The summed E-state index contributed by atoms with van der Waals surface area (Å²) < 4.78 is 28.8. The van der Waals surface area contributed by atoms with Gasteiger partial charge in [0.15, 0.2) is 0 Å². The Balaban J connectivity index is 1.49. The van der Waals surface area contributed by atoms with Gasteiger partial charge in [0.2, 0.25) is 16.0 Å². The minimum Gasteiger partial charge on any atom is -0.366 e. The van der Waals surface area contributed by atoms with Crippen molar-refractivity contribution >= 4 is 59.9 Å². The Morgan fingerprint density at radius 3 is 2.61 bits per heavy atom. The number of sulfonamides is 1. The van der Waals surface area contributed by atoms with E-state index in [1.807, 2.05) is 31.2 Å². The monoisotopic (exact) mass is 519 g/mol. The lowest BCUT2D eigenvalue weighted by molar-refractivity contribution is 0.594. The molecule has 1 fully saturated rings. The molecule has 2 aromatic carbocycles. The molecule has 1 unspecified atom stereocenters. The van der Waals surface area contributed by atoms with Crippen molar-refractivity contribution < 1.29 is 8.42 Å². The first-order valence-corrected chi connectivity index (χ1v) is 13.3. The number of hydrogen-bond donors (Lipinski definition) is 3. The summed E-state index contributed by atoms with van der Waals surface area (Å²) in [5.74, 6) is 5.21. The van der Waals surface area contributed by atoms with Gasteiger partial charge in [0.1, 0.15) is 5.82 Å². The maximum Gasteiger partial charge on any atom is 0.249 e. The van der Waals surface area contributed by atoms with Crippen LogP contribution in [0.1, 0.15) is 18.4 Å². The number of benzene rings is 2. The van der Waals surface area contributed by atoms with Crippen LogP contribution in [-0.2, 0) is 10.0 Å². The number of aryl methyl sites for hydroxylation is 1. The summed E-state index contributed by atoms with van der Waals surface area (Å²) in [6.45, 7) is 1.91. The van der Waals surface area contributed by atoms with Crippen molar-refractivity contribution in [3.05, 3.63) is 64.8 Å². The number of aromatic nitrogens is 2. The molecule has 0 radical (unpaired) electrons. The van der Waals surface area contributed by atoms with Gasteiger partial charge in [-0.2, -0.15) is 9.11 Å². The second-order valence-corrected chi connectivity index (χ2v) is 11.5. The summed E-state index contributed by atoms with van der Waals surface area (Å²) >= 11 is 3.47. The first-order valence-electron chi connectivity index (χ1n) is 9.59. The van der Waals surface area contributed by atoms with Crippen molar-refractivity contribution in [1.82, 2.24) is 14.1 Å². The highest BCUT2D eigenvalue weighted by molar-refractivity contribution is 9.10. The maximum absolute atomic E-state index is 12.7. The number of halogens is 1. The molecule has 1 heterocycles. The quantitative estimate of drug-likeness (QED) is 0.369. The van der Waals surface area contributed by atoms with E-state index in [4.69, 9.17) is 0 Å². The van der Waals surface area contributed by atoms with Gasteiger partial charge >= 0.3 is 0 Å². The molecule has 1 aliphatic carbocycles. The van der Waals surface area contributed by atoms with Gasteiger partial charge in [0, 0.05) is 22.8 Å². The molecule has 0 amide bonds. The van der Waals surface area contributed by atoms with Crippen molar-refractivity contribution in [1.29, 1.82) is 0 Å². The number of nitrogens with one attached hydrogen (secondary N) is 3. The van der Waals surface area contributed by atoms with Gasteiger partial charge in [0.05, 0.1) is 9.37 Å². The van der Waals surface area contributed by atoms with E-state index in [1.165, 1.54) is 0 Å². The molecule has 4 rings (SSSR count). The van der Waals surface area contributed by atoms with E-state index >= 15 is 0 Å². The Hall–Kier alpha value is -2.27. The van der Waals surface area contributed by atoms with Gasteiger partial charge in [-0.1, -0.05) is 40.3 Å². The summed E-state index contributed by atoms with van der Waals surface area (Å²) in [4.78, 5) is 9.79. The van der Waals surface area contributed by atoms with Crippen LogP contribution in [0.3, 0.4) is 0 Å². The maximum atomic E-state index is 12.7. The van der Waals surface area contributed by atoms with Gasteiger partial charge in [-0.05, 0) is 66.0 Å². The van der Waals surface area contributed by atoms with Crippen LogP contribution in [-0.4, -0.2) is 30.3 Å². The first-order chi connectivity index (χ1) is 14.8. The van der Waals surface area contributed by atoms with Crippen molar-refractivity contribution in [2.75, 3.05) is 10.6 Å². The lowest BCUT2D eigenvalue weighted by Crippen LogP contribution is -2.18. The summed E-state index contributed by atoms with van der Waals surface area (Å²) in [7, 11) is -4.64. The average molecular weight is 520 g/mol. The Morgan fingerprint density at radius 1 is 1.16 bits per heavy atom. The van der Waals surface area contributed by atoms with E-state index in [0.717, 1.165) is 39.3 Å². The number of anilines is 3. The second-order valence-electron chi connectivity index (χ2n) is 7.25. The van der Waals surface area contributed by atoms with Gasteiger partial charge in [-0.15, -0.1) is 0 Å². The van der Waals surface area contributed by atoms with Crippen LogP contribution in [0.25, 0.3) is 0 Å². The zero-order chi connectivity index (χ0) is 22.0. The highest BCUT2D eigenvalue weighted by Crippen LogP contribution is 2.30. The summed E-state index contributed by atoms with van der Waals surface area (Å²) in [6, 6.07) is 14.6. The SMILES string of the molecule is C=S(NS(=O)(=O)c1ccc(C)cc1)c1cccc(Nc2ncc(Br)c(NC3CC3)n2)c1. The van der Waals surface area contributed by atoms with Crippen LogP contribution in [0.5, 0.6) is 0 Å². The third-order valence-electron chi connectivity index (χ3n) is 4.58. The van der Waals surface area contributed by atoms with Gasteiger partial charge in [0.25, 0.3) is 0 Å². The molecule has 7 nitrogen and oxygen atoms in total. The van der Waals surface area contributed by atoms with E-state index < -0.39 is 20.7 Å². The molecule has 10 heteroatoms. The molecule has 31 heavy (non-hydrogen) atoms. The van der Waals surface area contributed by atoms with Gasteiger partial charge < -0.3 is 10.6 Å². The molecule has 0 aliphatic heterocycles. The molecule has 1 aromatic heterocycles. The molecular formula is C21H22BrN5O2S2. The Bertz CT molecular complexity index is 1230. The number of nitrogens with zero attached hydrogens (tertiary/aromatic N) is 2. The zero-order valence-corrected chi connectivity index (χ0v) is 20.0. The lowest BCUT2D eigenvalue weighted by Gasteiger charge is -2.13. The molecule has 0 bridgehead atoms. The fraction of sp³-hybridized carbons (Fsp3) is 0.190. The summed E-state index contributed by atoms with van der Waals surface area (Å²) in [5, 5.41) is 6.54. The normalized spacial score (nSPS) is 14.8. The second kappa shape index (κ2) is 9.07. The molecule has 3 aromatic rings. The van der Waals surface area contributed by atoms with E-state index in [2.05, 4.69) is 46.5 Å². The van der Waals surface area contributed by atoms with Crippen LogP contribution >= 0.6 is 26.6 Å². The standard InChI is InChI=1S/C21H22BrN5O2S2/c1-14-6-10-18(11-7-14)31(28,29)27-30(2)17-5-3-4-16(12-17)25-21-23-13-19(22)20(26-21)24-15-8-9-15/h3-7,10-13,15,27H,2,8-9H2,1H3,(H2,23,24,25,26). The number of rotatable bonds is 8. The molecule has 1 atom stereocenters. The van der Waals surface area contributed by atoms with Crippen molar-refractivity contribution in [3.63, 3.8) is 0 Å². The van der Waals surface area contributed by atoms with Crippen LogP contribution in [0.15, 0.2) is 69.0 Å². The van der Waals surface area contributed by atoms with Crippen molar-refractivity contribution in [2.24, 2.45) is 0 Å². The van der Waals surface area contributed by atoms with E-state index in [9.17, 15) is 8.42 Å². The Labute approximate surface area is 193 Å². The summed E-state index contributed by atoms with van der Waals surface area (Å²) in [6.07, 6.45) is 3.99. The van der Waals surface area contributed by atoms with Crippen molar-refractivity contribution in [3.8, 4) is 0 Å². The Kier molecular flexibility index (Phi) is 6.42. The minimum absolute atomic E-state index is 0.215. The molecule has 1 saturated carbocycles. The highest BCUT2D eigenvalue weighted by Gasteiger charge is 2.22. The summed E-state index contributed by atoms with van der Waals surface area (Å²) in [5.41, 5.74) is 1.74. The lowest BCUT2D eigenvalue weighted by atomic mass is 10.2. The van der Waals surface area contributed by atoms with E-state index in [1.54, 1.807) is 30.5 Å². The smallest absolute Gasteiger partial charge is 0.249 e. The molecule has 162 valence electrons. The first kappa shape index (κ1) is 21.9. The predicted molar refractivity (Wildman–Crippen MR) is 131 cm³/mol. The minimum atomic E-state index is -3.67. The van der Waals surface area contributed by atoms with E-state index in [-0.39, 0.29) is 4.90 Å². The highest BCUT2D eigenvalue weighted by atomic mass is 79.9. The predicted octanol–water partition coefficient (Wildman–Crippen LogP) is 4.82. The zero-order valence-electron chi connectivity index (χ0n) is 16.8. The van der Waals surface area contributed by atoms with E-state index in [0.29, 0.717) is 12.0 Å². The fourth-order valence-corrected chi connectivity index (χ4v) is 5.89. The largest absolute Gasteiger partial charge is 0.366 e. The van der Waals surface area contributed by atoms with Crippen LogP contribution in [0, 0.1) is 6.92 Å². The molecule has 1 aliphatic rings. The molecular weight excluding hydrogens is 498 g/mol. The molecule has 3 N–H and O–H groups in total. The van der Waals surface area contributed by atoms with Gasteiger partial charge in [-0.25, -0.2) is 13.4 Å². The topological polar surface area (TPSA) is 96.0 Å².